The molecule has 0 aliphatic heterocycles. The number of ether oxygens (including phenoxy) is 1. The fourth-order valence-electron chi connectivity index (χ4n) is 1.44. The smallest absolute Gasteiger partial charge is 0.389 e. The number of Topliss-reactive ketones (excluding diaryl/α,β-unsaturated/α-hetero) is 1. The summed E-state index contributed by atoms with van der Waals surface area (Å²) < 4.78 is 41.6. The summed E-state index contributed by atoms with van der Waals surface area (Å²) in [4.78, 5) is 11.7. The number of para-hydroxylation sites is 1. The van der Waals surface area contributed by atoms with Crippen LogP contribution in [0.4, 0.5) is 13.2 Å². The number of carbonyl (C=O) groups is 1. The van der Waals surface area contributed by atoms with E-state index in [1.54, 1.807) is 32.0 Å². The standard InChI is InChI=1S/C13H15F3O2/c1-9(2)18-12-6-4-3-5-10(12)11(17)7-8-13(14,15)16/h3-6,9H,7-8H2,1-2H3. The maximum atomic E-state index is 12.1. The maximum Gasteiger partial charge on any atom is 0.389 e. The van der Waals surface area contributed by atoms with E-state index < -0.39 is 24.8 Å². The molecule has 0 saturated carbocycles. The minimum Gasteiger partial charge on any atom is -0.490 e. The topological polar surface area (TPSA) is 26.3 Å². The summed E-state index contributed by atoms with van der Waals surface area (Å²) >= 11 is 0. The zero-order valence-corrected chi connectivity index (χ0v) is 10.3. The van der Waals surface area contributed by atoms with E-state index in [9.17, 15) is 18.0 Å². The SMILES string of the molecule is CC(C)Oc1ccccc1C(=O)CCC(F)(F)F. The zero-order chi connectivity index (χ0) is 13.8. The van der Waals surface area contributed by atoms with Gasteiger partial charge < -0.3 is 4.74 Å². The van der Waals surface area contributed by atoms with E-state index >= 15 is 0 Å². The van der Waals surface area contributed by atoms with Crippen molar-refractivity contribution in [3.63, 3.8) is 0 Å². The van der Waals surface area contributed by atoms with Gasteiger partial charge in [0.15, 0.2) is 5.78 Å². The lowest BCUT2D eigenvalue weighted by molar-refractivity contribution is -0.133. The Hall–Kier alpha value is -1.52. The van der Waals surface area contributed by atoms with Crippen molar-refractivity contribution in [3.05, 3.63) is 29.8 Å². The Morgan fingerprint density at radius 3 is 2.44 bits per heavy atom. The van der Waals surface area contributed by atoms with E-state index in [1.165, 1.54) is 6.07 Å². The summed E-state index contributed by atoms with van der Waals surface area (Å²) in [5.74, 6) is -0.219. The summed E-state index contributed by atoms with van der Waals surface area (Å²) in [5, 5.41) is 0. The maximum absolute atomic E-state index is 12.1. The highest BCUT2D eigenvalue weighted by Crippen LogP contribution is 2.26. The largest absolute Gasteiger partial charge is 0.490 e. The lowest BCUT2D eigenvalue weighted by Crippen LogP contribution is -2.13. The van der Waals surface area contributed by atoms with Gasteiger partial charge in [-0.3, -0.25) is 4.79 Å². The molecule has 18 heavy (non-hydrogen) atoms. The van der Waals surface area contributed by atoms with Gasteiger partial charge in [-0.15, -0.1) is 0 Å². The molecule has 0 atom stereocenters. The highest BCUT2D eigenvalue weighted by Gasteiger charge is 2.28. The number of alkyl halides is 3. The Labute approximate surface area is 104 Å². The zero-order valence-electron chi connectivity index (χ0n) is 10.3. The van der Waals surface area contributed by atoms with Gasteiger partial charge in [0.1, 0.15) is 5.75 Å². The second-order valence-corrected chi connectivity index (χ2v) is 4.20. The first-order valence-electron chi connectivity index (χ1n) is 5.65. The van der Waals surface area contributed by atoms with Gasteiger partial charge in [0.05, 0.1) is 18.1 Å². The molecule has 5 heteroatoms. The second-order valence-electron chi connectivity index (χ2n) is 4.20. The normalized spacial score (nSPS) is 11.7. The van der Waals surface area contributed by atoms with E-state index in [0.29, 0.717) is 5.75 Å². The van der Waals surface area contributed by atoms with Crippen molar-refractivity contribution in [1.29, 1.82) is 0 Å². The predicted octanol–water partition coefficient (Wildman–Crippen LogP) is 4.00. The summed E-state index contributed by atoms with van der Waals surface area (Å²) in [5.41, 5.74) is 0.204. The molecule has 0 bridgehead atoms. The summed E-state index contributed by atoms with van der Waals surface area (Å²) in [6.45, 7) is 3.58. The molecule has 100 valence electrons. The van der Waals surface area contributed by atoms with E-state index in [0.717, 1.165) is 0 Å². The molecule has 0 aromatic heterocycles. The third-order valence-electron chi connectivity index (χ3n) is 2.19. The van der Waals surface area contributed by atoms with Crippen molar-refractivity contribution >= 4 is 5.78 Å². The van der Waals surface area contributed by atoms with Gasteiger partial charge in [0.2, 0.25) is 0 Å². The molecule has 0 spiro atoms. The van der Waals surface area contributed by atoms with Gasteiger partial charge in [-0.25, -0.2) is 0 Å². The fourth-order valence-corrected chi connectivity index (χ4v) is 1.44. The minimum atomic E-state index is -4.32. The molecule has 1 aromatic carbocycles. The molecule has 0 heterocycles. The lowest BCUT2D eigenvalue weighted by Gasteiger charge is -2.13. The van der Waals surface area contributed by atoms with Crippen molar-refractivity contribution in [2.75, 3.05) is 0 Å². The van der Waals surface area contributed by atoms with Crippen LogP contribution < -0.4 is 4.74 Å². The number of ketones is 1. The van der Waals surface area contributed by atoms with E-state index in [4.69, 9.17) is 4.74 Å². The van der Waals surface area contributed by atoms with Crippen molar-refractivity contribution in [3.8, 4) is 5.75 Å². The van der Waals surface area contributed by atoms with Gasteiger partial charge in [0.25, 0.3) is 0 Å². The van der Waals surface area contributed by atoms with Crippen LogP contribution in [0.1, 0.15) is 37.0 Å². The Bertz CT molecular complexity index is 411. The van der Waals surface area contributed by atoms with Crippen LogP contribution in [-0.2, 0) is 0 Å². The molecule has 0 aliphatic carbocycles. The quantitative estimate of drug-likeness (QED) is 0.748. The molecule has 0 N–H and O–H groups in total. The first-order chi connectivity index (χ1) is 8.29. The summed E-state index contributed by atoms with van der Waals surface area (Å²) in [7, 11) is 0. The number of hydrogen-bond acceptors (Lipinski definition) is 2. The molecule has 1 aromatic rings. The third-order valence-corrected chi connectivity index (χ3v) is 2.19. The highest BCUT2D eigenvalue weighted by molar-refractivity contribution is 5.98. The molecule has 0 radical (unpaired) electrons. The Balaban J connectivity index is 2.79. The molecular formula is C13H15F3O2. The molecule has 0 saturated heterocycles. The molecule has 0 unspecified atom stereocenters. The van der Waals surface area contributed by atoms with Gasteiger partial charge in [-0.1, -0.05) is 12.1 Å². The molecular weight excluding hydrogens is 245 g/mol. The van der Waals surface area contributed by atoms with Crippen LogP contribution in [0.5, 0.6) is 5.75 Å². The van der Waals surface area contributed by atoms with Crippen LogP contribution >= 0.6 is 0 Å². The van der Waals surface area contributed by atoms with Crippen LogP contribution in [-0.4, -0.2) is 18.1 Å². The van der Waals surface area contributed by atoms with Gasteiger partial charge >= 0.3 is 6.18 Å². The average Bonchev–Trinajstić information content (AvgIpc) is 2.25. The van der Waals surface area contributed by atoms with E-state index in [1.807, 2.05) is 0 Å². The van der Waals surface area contributed by atoms with Crippen LogP contribution in [0.15, 0.2) is 24.3 Å². The van der Waals surface area contributed by atoms with Gasteiger partial charge in [-0.2, -0.15) is 13.2 Å². The second kappa shape index (κ2) is 5.89. The van der Waals surface area contributed by atoms with Crippen molar-refractivity contribution in [1.82, 2.24) is 0 Å². The highest BCUT2D eigenvalue weighted by atomic mass is 19.4. The predicted molar refractivity (Wildman–Crippen MR) is 61.8 cm³/mol. The molecule has 0 amide bonds. The Kier molecular flexibility index (Phi) is 4.76. The van der Waals surface area contributed by atoms with Gasteiger partial charge in [0, 0.05) is 6.42 Å². The molecule has 1 rings (SSSR count). The Morgan fingerprint density at radius 2 is 1.89 bits per heavy atom. The fraction of sp³-hybridized carbons (Fsp3) is 0.462. The molecule has 0 aliphatic rings. The number of rotatable bonds is 5. The summed E-state index contributed by atoms with van der Waals surface area (Å²) in [6, 6.07) is 6.35. The molecule has 0 fully saturated rings. The van der Waals surface area contributed by atoms with Crippen molar-refractivity contribution in [2.45, 2.75) is 39.0 Å². The first-order valence-corrected chi connectivity index (χ1v) is 5.65. The number of carbonyl (C=O) groups excluding carboxylic acids is 1. The van der Waals surface area contributed by atoms with Crippen LogP contribution in [0.3, 0.4) is 0 Å². The Morgan fingerprint density at radius 1 is 1.28 bits per heavy atom. The first kappa shape index (κ1) is 14.5. The van der Waals surface area contributed by atoms with Crippen LogP contribution in [0, 0.1) is 0 Å². The van der Waals surface area contributed by atoms with Crippen molar-refractivity contribution < 1.29 is 22.7 Å². The monoisotopic (exact) mass is 260 g/mol. The molecule has 2 nitrogen and oxygen atoms in total. The van der Waals surface area contributed by atoms with E-state index in [2.05, 4.69) is 0 Å². The van der Waals surface area contributed by atoms with Crippen LogP contribution in [0.2, 0.25) is 0 Å². The lowest BCUT2D eigenvalue weighted by atomic mass is 10.1. The summed E-state index contributed by atoms with van der Waals surface area (Å²) in [6.07, 6.45) is -6.12. The van der Waals surface area contributed by atoms with Crippen LogP contribution in [0.25, 0.3) is 0 Å². The average molecular weight is 260 g/mol. The third kappa shape index (κ3) is 4.77. The minimum absolute atomic E-state index is 0.137. The van der Waals surface area contributed by atoms with Crippen molar-refractivity contribution in [2.24, 2.45) is 0 Å². The van der Waals surface area contributed by atoms with E-state index in [-0.39, 0.29) is 11.7 Å². The van der Waals surface area contributed by atoms with Gasteiger partial charge in [-0.05, 0) is 26.0 Å². The number of benzene rings is 1. The number of hydrogen-bond donors (Lipinski definition) is 0. The number of halogens is 3.